The molecule has 0 saturated carbocycles. The van der Waals surface area contributed by atoms with E-state index in [0.29, 0.717) is 13.1 Å². The topological polar surface area (TPSA) is 72.9 Å². The Bertz CT molecular complexity index is 1060. The molecule has 1 heterocycles. The SMILES string of the molecule is COc1c(S(C)(=O)=O)ccc(O[C@@H](C)C(F)(F)F)c1C(=O)N1CC(c2ccccc2)C1. The van der Waals surface area contributed by atoms with Crippen LogP contribution in [0.4, 0.5) is 13.2 Å². The van der Waals surface area contributed by atoms with Gasteiger partial charge in [0.15, 0.2) is 21.7 Å². The van der Waals surface area contributed by atoms with Gasteiger partial charge in [-0.2, -0.15) is 13.2 Å². The Balaban J connectivity index is 1.98. The van der Waals surface area contributed by atoms with E-state index in [9.17, 15) is 26.4 Å². The third kappa shape index (κ3) is 4.79. The number of carbonyl (C=O) groups excluding carboxylic acids is 1. The molecule has 0 unspecified atom stereocenters. The summed E-state index contributed by atoms with van der Waals surface area (Å²) >= 11 is 0. The van der Waals surface area contributed by atoms with Crippen LogP contribution in [0.1, 0.15) is 28.8 Å². The van der Waals surface area contributed by atoms with Gasteiger partial charge in [0.1, 0.15) is 16.2 Å². The van der Waals surface area contributed by atoms with Crippen LogP contribution in [0.3, 0.4) is 0 Å². The van der Waals surface area contributed by atoms with Crippen molar-refractivity contribution in [3.05, 3.63) is 53.6 Å². The smallest absolute Gasteiger partial charge is 0.425 e. The van der Waals surface area contributed by atoms with Crippen LogP contribution in [-0.4, -0.2) is 58.0 Å². The number of hydrogen-bond donors (Lipinski definition) is 0. The van der Waals surface area contributed by atoms with Crippen LogP contribution in [0.2, 0.25) is 0 Å². The summed E-state index contributed by atoms with van der Waals surface area (Å²) in [6.07, 6.45) is -5.95. The molecule has 10 heteroatoms. The molecule has 1 fully saturated rings. The van der Waals surface area contributed by atoms with E-state index in [1.54, 1.807) is 0 Å². The molecule has 1 amide bonds. The van der Waals surface area contributed by atoms with Crippen molar-refractivity contribution in [2.24, 2.45) is 0 Å². The molecular formula is C21H22F3NO5S. The first-order valence-electron chi connectivity index (χ1n) is 9.42. The zero-order valence-electron chi connectivity index (χ0n) is 17.1. The molecule has 1 saturated heterocycles. The molecule has 31 heavy (non-hydrogen) atoms. The Labute approximate surface area is 178 Å². The highest BCUT2D eigenvalue weighted by Gasteiger charge is 2.41. The maximum absolute atomic E-state index is 13.2. The Morgan fingerprint density at radius 3 is 2.26 bits per heavy atom. The van der Waals surface area contributed by atoms with Crippen LogP contribution < -0.4 is 9.47 Å². The lowest BCUT2D eigenvalue weighted by molar-refractivity contribution is -0.189. The summed E-state index contributed by atoms with van der Waals surface area (Å²) in [6.45, 7) is 1.48. The number of hydrogen-bond acceptors (Lipinski definition) is 5. The first-order chi connectivity index (χ1) is 14.4. The quantitative estimate of drug-likeness (QED) is 0.662. The maximum atomic E-state index is 13.2. The molecule has 1 atom stereocenters. The number of methoxy groups -OCH3 is 1. The van der Waals surface area contributed by atoms with Crippen LogP contribution in [0.5, 0.6) is 11.5 Å². The van der Waals surface area contributed by atoms with Crippen molar-refractivity contribution in [3.63, 3.8) is 0 Å². The number of ether oxygens (including phenoxy) is 2. The van der Waals surface area contributed by atoms with Crippen molar-refractivity contribution < 1.29 is 35.9 Å². The van der Waals surface area contributed by atoms with Gasteiger partial charge in [-0.1, -0.05) is 30.3 Å². The van der Waals surface area contributed by atoms with Gasteiger partial charge in [-0.25, -0.2) is 8.42 Å². The van der Waals surface area contributed by atoms with Gasteiger partial charge in [-0.05, 0) is 24.6 Å². The van der Waals surface area contributed by atoms with Gasteiger partial charge < -0.3 is 14.4 Å². The number of amides is 1. The van der Waals surface area contributed by atoms with Gasteiger partial charge in [0, 0.05) is 25.3 Å². The minimum absolute atomic E-state index is 0.0766. The van der Waals surface area contributed by atoms with E-state index in [1.165, 1.54) is 4.90 Å². The highest BCUT2D eigenvalue weighted by molar-refractivity contribution is 7.90. The van der Waals surface area contributed by atoms with Crippen LogP contribution >= 0.6 is 0 Å². The minimum Gasteiger partial charge on any atom is -0.494 e. The van der Waals surface area contributed by atoms with Crippen molar-refractivity contribution in [3.8, 4) is 11.5 Å². The van der Waals surface area contributed by atoms with Gasteiger partial charge in [-0.15, -0.1) is 0 Å². The standard InChI is InChI=1S/C21H22F3NO5S/c1-13(21(22,23)24)30-16-9-10-17(31(3,27)28)19(29-2)18(16)20(26)25-11-15(12-25)14-7-5-4-6-8-14/h4-10,13,15H,11-12H2,1-3H3/t13-/m0/s1. The van der Waals surface area contributed by atoms with E-state index in [2.05, 4.69) is 0 Å². The number of likely N-dealkylation sites (tertiary alicyclic amines) is 1. The maximum Gasteiger partial charge on any atom is 0.425 e. The number of halogens is 3. The predicted molar refractivity (Wildman–Crippen MR) is 107 cm³/mol. The Morgan fingerprint density at radius 2 is 1.74 bits per heavy atom. The van der Waals surface area contributed by atoms with Gasteiger partial charge in [0.25, 0.3) is 5.91 Å². The first-order valence-corrected chi connectivity index (χ1v) is 11.3. The van der Waals surface area contributed by atoms with Gasteiger partial charge in [0.05, 0.1) is 7.11 Å². The molecular weight excluding hydrogens is 435 g/mol. The van der Waals surface area contributed by atoms with Crippen LogP contribution in [0.25, 0.3) is 0 Å². The van der Waals surface area contributed by atoms with Crippen molar-refractivity contribution >= 4 is 15.7 Å². The molecule has 0 spiro atoms. The summed E-state index contributed by atoms with van der Waals surface area (Å²) in [6, 6.07) is 11.6. The average Bonchev–Trinajstić information content (AvgIpc) is 2.65. The van der Waals surface area contributed by atoms with Gasteiger partial charge in [-0.3, -0.25) is 4.79 Å². The molecule has 1 aliphatic rings. The monoisotopic (exact) mass is 457 g/mol. The summed E-state index contributed by atoms with van der Waals surface area (Å²) in [5.41, 5.74) is 0.693. The van der Waals surface area contributed by atoms with E-state index in [1.807, 2.05) is 30.3 Å². The Kier molecular flexibility index (Phi) is 6.22. The van der Waals surface area contributed by atoms with E-state index < -0.39 is 28.0 Å². The largest absolute Gasteiger partial charge is 0.494 e. The summed E-state index contributed by atoms with van der Waals surface area (Å²) in [5, 5.41) is 0. The summed E-state index contributed by atoms with van der Waals surface area (Å²) in [5.74, 6) is -1.30. The Hall–Kier alpha value is -2.75. The molecule has 0 bridgehead atoms. The lowest BCUT2D eigenvalue weighted by atomic mass is 9.91. The van der Waals surface area contributed by atoms with Crippen LogP contribution in [0.15, 0.2) is 47.4 Å². The summed E-state index contributed by atoms with van der Waals surface area (Å²) < 4.78 is 73.6. The molecule has 0 N–H and O–H groups in total. The normalized spacial score (nSPS) is 15.9. The molecule has 0 radical (unpaired) electrons. The molecule has 0 aromatic heterocycles. The number of nitrogens with zero attached hydrogens (tertiary/aromatic N) is 1. The number of alkyl halides is 3. The molecule has 2 aromatic carbocycles. The van der Waals surface area contributed by atoms with Crippen LogP contribution in [-0.2, 0) is 9.84 Å². The fraction of sp³-hybridized carbons (Fsp3) is 0.381. The van der Waals surface area contributed by atoms with E-state index in [4.69, 9.17) is 9.47 Å². The predicted octanol–water partition coefficient (Wildman–Crippen LogP) is 3.67. The first kappa shape index (κ1) is 22.9. The average molecular weight is 457 g/mol. The van der Waals surface area contributed by atoms with Crippen molar-refractivity contribution in [2.45, 2.75) is 30.0 Å². The van der Waals surface area contributed by atoms with Crippen LogP contribution in [0, 0.1) is 0 Å². The van der Waals surface area contributed by atoms with Gasteiger partial charge in [0.2, 0.25) is 0 Å². The second-order valence-corrected chi connectivity index (χ2v) is 9.35. The Morgan fingerprint density at radius 1 is 1.13 bits per heavy atom. The molecule has 1 aliphatic heterocycles. The lowest BCUT2D eigenvalue weighted by Crippen LogP contribution is -2.48. The second kappa shape index (κ2) is 8.41. The lowest BCUT2D eigenvalue weighted by Gasteiger charge is -2.40. The number of carbonyl (C=O) groups is 1. The third-order valence-electron chi connectivity index (χ3n) is 5.11. The van der Waals surface area contributed by atoms with Gasteiger partial charge >= 0.3 is 6.18 Å². The summed E-state index contributed by atoms with van der Waals surface area (Å²) in [4.78, 5) is 14.3. The highest BCUT2D eigenvalue weighted by atomic mass is 32.2. The molecule has 6 nitrogen and oxygen atoms in total. The summed E-state index contributed by atoms with van der Waals surface area (Å²) in [7, 11) is -2.66. The van der Waals surface area contributed by atoms with Crippen molar-refractivity contribution in [1.82, 2.24) is 4.90 Å². The minimum atomic E-state index is -4.67. The van der Waals surface area contributed by atoms with E-state index in [-0.39, 0.29) is 27.9 Å². The fourth-order valence-electron chi connectivity index (χ4n) is 3.34. The molecule has 3 rings (SSSR count). The molecule has 0 aliphatic carbocycles. The molecule has 168 valence electrons. The van der Waals surface area contributed by atoms with Crippen molar-refractivity contribution in [1.29, 1.82) is 0 Å². The third-order valence-corrected chi connectivity index (χ3v) is 6.23. The second-order valence-electron chi connectivity index (χ2n) is 7.36. The van der Waals surface area contributed by atoms with E-state index in [0.717, 1.165) is 38.0 Å². The zero-order chi connectivity index (χ0) is 23.0. The van der Waals surface area contributed by atoms with E-state index >= 15 is 0 Å². The zero-order valence-corrected chi connectivity index (χ0v) is 18.0. The fourth-order valence-corrected chi connectivity index (χ4v) is 4.17. The number of benzene rings is 2. The molecule has 2 aromatic rings. The number of rotatable bonds is 6. The number of sulfone groups is 1. The van der Waals surface area contributed by atoms with Crippen molar-refractivity contribution in [2.75, 3.05) is 26.5 Å². The highest BCUT2D eigenvalue weighted by Crippen LogP contribution is 2.39.